The molecule has 0 amide bonds. The van der Waals surface area contributed by atoms with Gasteiger partial charge in [0.15, 0.2) is 0 Å². The Labute approximate surface area is 118 Å². The lowest BCUT2D eigenvalue weighted by molar-refractivity contribution is 0.562. The van der Waals surface area contributed by atoms with Crippen LogP contribution in [-0.2, 0) is 9.84 Å². The monoisotopic (exact) mass is 311 g/mol. The van der Waals surface area contributed by atoms with E-state index in [2.05, 4.69) is 15.3 Å². The molecule has 1 fully saturated rings. The molecule has 1 aliphatic rings. The van der Waals surface area contributed by atoms with E-state index in [1.54, 1.807) is 6.92 Å². The van der Waals surface area contributed by atoms with Crippen LogP contribution in [0.4, 0.5) is 0 Å². The third-order valence-electron chi connectivity index (χ3n) is 2.78. The number of aromatic nitrogens is 2. The van der Waals surface area contributed by atoms with E-state index in [1.807, 2.05) is 0 Å². The minimum atomic E-state index is -3.43. The highest BCUT2D eigenvalue weighted by molar-refractivity contribution is 7.91. The average molecular weight is 312 g/mol. The Balaban J connectivity index is 0.00000162. The van der Waals surface area contributed by atoms with Crippen molar-refractivity contribution in [2.45, 2.75) is 18.5 Å². The lowest BCUT2D eigenvalue weighted by Crippen LogP contribution is -2.20. The van der Waals surface area contributed by atoms with Crippen LogP contribution in [0, 0.1) is 12.8 Å². The SMILES string of the molecule is Cc1cnc(S(=O)(=O)CC2CCNC2)nc1Cl.Cl. The third kappa shape index (κ3) is 3.54. The highest BCUT2D eigenvalue weighted by atomic mass is 35.5. The van der Waals surface area contributed by atoms with Gasteiger partial charge in [-0.15, -0.1) is 12.4 Å². The smallest absolute Gasteiger partial charge is 0.248 e. The first-order valence-corrected chi connectivity index (χ1v) is 7.44. The van der Waals surface area contributed by atoms with Gasteiger partial charge < -0.3 is 5.32 Å². The van der Waals surface area contributed by atoms with Gasteiger partial charge in [-0.05, 0) is 32.4 Å². The fourth-order valence-corrected chi connectivity index (χ4v) is 3.47. The second-order valence-electron chi connectivity index (χ2n) is 4.27. The van der Waals surface area contributed by atoms with Crippen LogP contribution in [-0.4, -0.2) is 37.2 Å². The van der Waals surface area contributed by atoms with Gasteiger partial charge in [-0.3, -0.25) is 0 Å². The van der Waals surface area contributed by atoms with Gasteiger partial charge in [-0.25, -0.2) is 18.4 Å². The second-order valence-corrected chi connectivity index (χ2v) is 6.55. The van der Waals surface area contributed by atoms with Crippen molar-refractivity contribution in [3.8, 4) is 0 Å². The standard InChI is InChI=1S/C10H14ClN3O2S.ClH/c1-7-4-13-10(14-9(7)11)17(15,16)6-8-2-3-12-5-8;/h4,8,12H,2-3,5-6H2,1H3;1H. The molecule has 0 saturated carbocycles. The van der Waals surface area contributed by atoms with E-state index >= 15 is 0 Å². The molecule has 2 rings (SSSR count). The third-order valence-corrected chi connectivity index (χ3v) is 4.83. The number of nitrogens with zero attached hydrogens (tertiary/aromatic N) is 2. The second kappa shape index (κ2) is 6.14. The van der Waals surface area contributed by atoms with E-state index in [0.717, 1.165) is 19.5 Å². The zero-order valence-electron chi connectivity index (χ0n) is 9.89. The Morgan fingerprint density at radius 3 is 2.83 bits per heavy atom. The van der Waals surface area contributed by atoms with Crippen molar-refractivity contribution < 1.29 is 8.42 Å². The van der Waals surface area contributed by atoms with Crippen molar-refractivity contribution >= 4 is 33.8 Å². The molecule has 0 spiro atoms. The maximum atomic E-state index is 12.0. The van der Waals surface area contributed by atoms with Crippen molar-refractivity contribution in [3.63, 3.8) is 0 Å². The van der Waals surface area contributed by atoms with Gasteiger partial charge in [0.05, 0.1) is 5.75 Å². The summed E-state index contributed by atoms with van der Waals surface area (Å²) in [6, 6.07) is 0. The molecule has 0 aromatic carbocycles. The van der Waals surface area contributed by atoms with Crippen molar-refractivity contribution in [1.82, 2.24) is 15.3 Å². The maximum Gasteiger partial charge on any atom is 0.248 e. The quantitative estimate of drug-likeness (QED) is 0.672. The van der Waals surface area contributed by atoms with Crippen molar-refractivity contribution in [3.05, 3.63) is 16.9 Å². The van der Waals surface area contributed by atoms with Gasteiger partial charge in [0, 0.05) is 11.8 Å². The summed E-state index contributed by atoms with van der Waals surface area (Å²) in [6.45, 7) is 3.34. The number of halogens is 2. The van der Waals surface area contributed by atoms with Crippen LogP contribution in [0.5, 0.6) is 0 Å². The molecule has 18 heavy (non-hydrogen) atoms. The molecular weight excluding hydrogens is 297 g/mol. The van der Waals surface area contributed by atoms with Gasteiger partial charge in [0.1, 0.15) is 5.15 Å². The molecule has 1 N–H and O–H groups in total. The van der Waals surface area contributed by atoms with Crippen LogP contribution in [0.15, 0.2) is 11.4 Å². The van der Waals surface area contributed by atoms with E-state index < -0.39 is 9.84 Å². The molecule has 0 radical (unpaired) electrons. The highest BCUT2D eigenvalue weighted by Gasteiger charge is 2.26. The van der Waals surface area contributed by atoms with Crippen LogP contribution in [0.25, 0.3) is 0 Å². The van der Waals surface area contributed by atoms with Crippen LogP contribution in [0.1, 0.15) is 12.0 Å². The fourth-order valence-electron chi connectivity index (χ4n) is 1.80. The Kier molecular flexibility index (Phi) is 5.33. The molecule has 1 atom stereocenters. The summed E-state index contributed by atoms with van der Waals surface area (Å²) in [5.74, 6) is 0.225. The highest BCUT2D eigenvalue weighted by Crippen LogP contribution is 2.17. The van der Waals surface area contributed by atoms with E-state index in [-0.39, 0.29) is 34.4 Å². The zero-order valence-corrected chi connectivity index (χ0v) is 12.3. The number of hydrogen-bond donors (Lipinski definition) is 1. The molecular formula is C10H15Cl2N3O2S. The lowest BCUT2D eigenvalue weighted by atomic mass is 10.2. The summed E-state index contributed by atoms with van der Waals surface area (Å²) in [7, 11) is -3.43. The predicted molar refractivity (Wildman–Crippen MR) is 72.1 cm³/mol. The molecule has 2 heterocycles. The van der Waals surface area contributed by atoms with Crippen molar-refractivity contribution in [2.75, 3.05) is 18.8 Å². The van der Waals surface area contributed by atoms with Gasteiger partial charge in [0.2, 0.25) is 15.0 Å². The molecule has 1 aromatic rings. The molecule has 0 aliphatic carbocycles. The van der Waals surface area contributed by atoms with Crippen molar-refractivity contribution in [2.24, 2.45) is 5.92 Å². The predicted octanol–water partition coefficient (Wildman–Crippen LogP) is 1.24. The summed E-state index contributed by atoms with van der Waals surface area (Å²) in [5.41, 5.74) is 0.674. The molecule has 102 valence electrons. The Morgan fingerprint density at radius 2 is 2.28 bits per heavy atom. The van der Waals surface area contributed by atoms with Crippen molar-refractivity contribution in [1.29, 1.82) is 0 Å². The molecule has 1 aliphatic heterocycles. The number of aryl methyl sites for hydroxylation is 1. The first kappa shape index (κ1) is 15.6. The van der Waals surface area contributed by atoms with Crippen LogP contribution in [0.2, 0.25) is 5.15 Å². The minimum Gasteiger partial charge on any atom is -0.316 e. The first-order chi connectivity index (χ1) is 7.99. The lowest BCUT2D eigenvalue weighted by Gasteiger charge is -2.08. The molecule has 0 bridgehead atoms. The number of nitrogens with one attached hydrogen (secondary N) is 1. The first-order valence-electron chi connectivity index (χ1n) is 5.41. The summed E-state index contributed by atoms with van der Waals surface area (Å²) in [4.78, 5) is 7.68. The molecule has 5 nitrogen and oxygen atoms in total. The number of sulfone groups is 1. The summed E-state index contributed by atoms with van der Waals surface area (Å²) >= 11 is 5.81. The van der Waals surface area contributed by atoms with E-state index in [4.69, 9.17) is 11.6 Å². The Morgan fingerprint density at radius 1 is 1.56 bits per heavy atom. The number of rotatable bonds is 3. The van der Waals surface area contributed by atoms with Crippen LogP contribution < -0.4 is 5.32 Å². The minimum absolute atomic E-state index is 0. The van der Waals surface area contributed by atoms with Gasteiger partial charge in [-0.2, -0.15) is 0 Å². The zero-order chi connectivity index (χ0) is 12.5. The Bertz CT molecular complexity index is 516. The summed E-state index contributed by atoms with van der Waals surface area (Å²) < 4.78 is 24.1. The van der Waals surface area contributed by atoms with Gasteiger partial charge in [-0.1, -0.05) is 11.6 Å². The van der Waals surface area contributed by atoms with Crippen LogP contribution in [0.3, 0.4) is 0 Å². The van der Waals surface area contributed by atoms with E-state index in [9.17, 15) is 8.42 Å². The summed E-state index contributed by atoms with van der Waals surface area (Å²) in [6.07, 6.45) is 2.31. The Hall–Kier alpha value is -0.430. The van der Waals surface area contributed by atoms with E-state index in [1.165, 1.54) is 6.20 Å². The molecule has 1 aromatic heterocycles. The molecule has 1 unspecified atom stereocenters. The molecule has 8 heteroatoms. The normalized spacial score (nSPS) is 19.6. The maximum absolute atomic E-state index is 12.0. The van der Waals surface area contributed by atoms with E-state index in [0.29, 0.717) is 5.56 Å². The topological polar surface area (TPSA) is 72.0 Å². The number of hydrogen-bond acceptors (Lipinski definition) is 5. The average Bonchev–Trinajstić information content (AvgIpc) is 2.73. The van der Waals surface area contributed by atoms with Gasteiger partial charge in [0.25, 0.3) is 0 Å². The van der Waals surface area contributed by atoms with Gasteiger partial charge >= 0.3 is 0 Å². The summed E-state index contributed by atoms with van der Waals surface area (Å²) in [5, 5.41) is 3.17. The molecule has 1 saturated heterocycles. The van der Waals surface area contributed by atoms with Crippen LogP contribution >= 0.6 is 24.0 Å². The largest absolute Gasteiger partial charge is 0.316 e. The fraction of sp³-hybridized carbons (Fsp3) is 0.600.